The topological polar surface area (TPSA) is 0 Å². The molecule has 2 aliphatic carbocycles. The van der Waals surface area contributed by atoms with Gasteiger partial charge in [0, 0.05) is 0 Å². The van der Waals surface area contributed by atoms with Crippen molar-refractivity contribution in [3.8, 4) is 44.5 Å². The van der Waals surface area contributed by atoms with Crippen LogP contribution in [0.3, 0.4) is 0 Å². The third-order valence-corrected chi connectivity index (χ3v) is 64.5. The Labute approximate surface area is 344 Å². The first-order valence-electron chi connectivity index (χ1n) is 20.8. The zero-order valence-electron chi connectivity index (χ0n) is 33.2. The minimum absolute atomic E-state index is 0.00293. The first-order chi connectivity index (χ1) is 27.3. The van der Waals surface area contributed by atoms with E-state index >= 15 is 0 Å². The zero-order chi connectivity index (χ0) is 38.9. The molecule has 0 amide bonds. The van der Waals surface area contributed by atoms with Crippen molar-refractivity contribution in [2.24, 2.45) is 0 Å². The summed E-state index contributed by atoms with van der Waals surface area (Å²) >= 11 is -5.23. The van der Waals surface area contributed by atoms with E-state index in [9.17, 15) is 17.0 Å². The SMILES string of the molecule is CCCCC1=Cc2c(-c3ccccc3)ccc(-c3ccccc3)c2[CH]1[Zr]([Cl])([Cl])([CH]1C(CCCC)=Cc2c(-c3ccccc3)ccc(-c3ccccc3)c21)[SiH](C)C. The molecule has 0 N–H and O–H groups in total. The van der Waals surface area contributed by atoms with E-state index < -0.39 is 21.5 Å². The van der Waals surface area contributed by atoms with Crippen LogP contribution in [0.4, 0.5) is 0 Å². The zero-order valence-corrected chi connectivity index (χ0v) is 38.4. The average molecular weight is 868 g/mol. The second-order valence-corrected chi connectivity index (χ2v) is 58.8. The van der Waals surface area contributed by atoms with Crippen molar-refractivity contribution in [3.05, 3.63) is 179 Å². The molecule has 0 fully saturated rings. The molecule has 2 unspecified atom stereocenters. The van der Waals surface area contributed by atoms with Gasteiger partial charge in [0.1, 0.15) is 0 Å². The molecule has 2 aliphatic rings. The number of unbranched alkanes of at least 4 members (excludes halogenated alkanes) is 2. The molecule has 0 bridgehead atoms. The molecule has 0 saturated carbocycles. The minimum atomic E-state index is -5.23. The van der Waals surface area contributed by atoms with Gasteiger partial charge >= 0.3 is 347 Å². The number of fused-ring (bicyclic) bond motifs is 2. The van der Waals surface area contributed by atoms with Crippen molar-refractivity contribution in [3.63, 3.8) is 0 Å². The van der Waals surface area contributed by atoms with Crippen molar-refractivity contribution in [2.75, 3.05) is 0 Å². The summed E-state index contributed by atoms with van der Waals surface area (Å²) in [6.45, 7) is 9.62. The standard InChI is InChI=1S/2C25H23.C2H7Si.2ClH.Zr/c2*1-2-3-10-19-17-24-22(20-11-6-4-7-12-20)15-16-23(25(24)18-19)21-13-8-5-9-14-21;1-3-2;;;/h2*4-9,11-18H,2-3,10H2,1H3;3H,1-2H3;2*1H;/q;;;;;+2/p-2. The van der Waals surface area contributed by atoms with E-state index in [0.29, 0.717) is 0 Å². The molecule has 0 aliphatic heterocycles. The van der Waals surface area contributed by atoms with Gasteiger partial charge in [-0.05, 0) is 0 Å². The molecule has 0 saturated heterocycles. The number of rotatable bonds is 13. The molecular formula is C52H53Cl2SiZr. The van der Waals surface area contributed by atoms with Crippen LogP contribution in [0.5, 0.6) is 0 Å². The summed E-state index contributed by atoms with van der Waals surface area (Å²) in [5.74, 6) is -1.83. The van der Waals surface area contributed by atoms with Crippen molar-refractivity contribution in [1.29, 1.82) is 0 Å². The van der Waals surface area contributed by atoms with Gasteiger partial charge in [0.2, 0.25) is 0 Å². The third-order valence-electron chi connectivity index (χ3n) is 12.7. The Balaban J connectivity index is 1.48. The fourth-order valence-electron chi connectivity index (χ4n) is 9.88. The second kappa shape index (κ2) is 16.4. The molecule has 6 aromatic rings. The van der Waals surface area contributed by atoms with Gasteiger partial charge in [0.25, 0.3) is 0 Å². The summed E-state index contributed by atoms with van der Waals surface area (Å²) < 4.78 is -0.00585. The van der Waals surface area contributed by atoms with Crippen LogP contribution in [-0.2, 0) is 15.6 Å². The summed E-state index contributed by atoms with van der Waals surface area (Å²) in [6.07, 6.45) is 11.6. The molecule has 0 radical (unpaired) electrons. The van der Waals surface area contributed by atoms with Crippen LogP contribution in [0.25, 0.3) is 56.7 Å². The third kappa shape index (κ3) is 6.83. The van der Waals surface area contributed by atoms with Crippen molar-refractivity contribution < 1.29 is 15.6 Å². The van der Waals surface area contributed by atoms with Crippen LogP contribution in [0, 0.1) is 0 Å². The number of halogens is 2. The summed E-state index contributed by atoms with van der Waals surface area (Å²) in [5.41, 5.74) is 18.4. The number of hydrogen-bond acceptors (Lipinski definition) is 0. The number of allylic oxidation sites excluding steroid dienone is 2. The molecule has 2 atom stereocenters. The first-order valence-corrected chi connectivity index (χ1v) is 37.1. The van der Waals surface area contributed by atoms with Gasteiger partial charge in [-0.25, -0.2) is 0 Å². The summed E-state index contributed by atoms with van der Waals surface area (Å²) in [5, 5.41) is 0. The van der Waals surface area contributed by atoms with Crippen LogP contribution in [-0.4, -0.2) is 5.92 Å². The molecule has 0 nitrogen and oxygen atoms in total. The molecular weight excluding hydrogens is 815 g/mol. The quantitative estimate of drug-likeness (QED) is 0.101. The molecule has 0 aromatic heterocycles. The molecule has 0 heterocycles. The van der Waals surface area contributed by atoms with Crippen LogP contribution in [0.2, 0.25) is 13.1 Å². The van der Waals surface area contributed by atoms with Gasteiger partial charge < -0.3 is 0 Å². The summed E-state index contributed by atoms with van der Waals surface area (Å²) in [6, 6.07) is 53.4. The van der Waals surface area contributed by atoms with Crippen LogP contribution >= 0.6 is 17.0 Å². The molecule has 283 valence electrons. The molecule has 4 heteroatoms. The van der Waals surface area contributed by atoms with Gasteiger partial charge in [0.05, 0.1) is 0 Å². The van der Waals surface area contributed by atoms with E-state index in [0.717, 1.165) is 38.5 Å². The van der Waals surface area contributed by atoms with E-state index in [1.807, 2.05) is 0 Å². The normalized spacial score (nSPS) is 16.9. The summed E-state index contributed by atoms with van der Waals surface area (Å²) in [7, 11) is 18.4. The van der Waals surface area contributed by atoms with E-state index in [1.54, 1.807) is 0 Å². The molecule has 0 spiro atoms. The maximum atomic E-state index is 9.22. The van der Waals surface area contributed by atoms with E-state index in [2.05, 4.69) is 185 Å². The van der Waals surface area contributed by atoms with E-state index in [1.165, 1.54) is 77.9 Å². The van der Waals surface area contributed by atoms with E-state index in [-0.39, 0.29) is 7.25 Å². The van der Waals surface area contributed by atoms with Crippen molar-refractivity contribution in [1.82, 2.24) is 0 Å². The fraction of sp³-hybridized carbons (Fsp3) is 0.231. The predicted molar refractivity (Wildman–Crippen MR) is 246 cm³/mol. The number of benzene rings is 6. The Kier molecular flexibility index (Phi) is 11.5. The Morgan fingerprint density at radius 1 is 0.446 bits per heavy atom. The van der Waals surface area contributed by atoms with Gasteiger partial charge in [-0.15, -0.1) is 0 Å². The Hall–Kier alpha value is -3.52. The Bertz CT molecular complexity index is 2230. The van der Waals surface area contributed by atoms with Crippen LogP contribution < -0.4 is 0 Å². The Morgan fingerprint density at radius 2 is 0.750 bits per heavy atom. The van der Waals surface area contributed by atoms with Gasteiger partial charge in [-0.3, -0.25) is 0 Å². The number of hydrogen-bond donors (Lipinski definition) is 0. The first kappa shape index (κ1) is 39.3. The monoisotopic (exact) mass is 865 g/mol. The van der Waals surface area contributed by atoms with Crippen molar-refractivity contribution >= 4 is 35.1 Å². The van der Waals surface area contributed by atoms with E-state index in [4.69, 9.17) is 0 Å². The Morgan fingerprint density at radius 3 is 1.05 bits per heavy atom. The molecule has 56 heavy (non-hydrogen) atoms. The summed E-state index contributed by atoms with van der Waals surface area (Å²) in [4.78, 5) is 0. The second-order valence-electron chi connectivity index (χ2n) is 16.3. The van der Waals surface area contributed by atoms with Gasteiger partial charge in [-0.2, -0.15) is 0 Å². The fourth-order valence-corrected chi connectivity index (χ4v) is 41.1. The molecule has 8 rings (SSSR count). The van der Waals surface area contributed by atoms with Gasteiger partial charge in [-0.1, -0.05) is 0 Å². The molecule has 6 aromatic carbocycles. The van der Waals surface area contributed by atoms with Gasteiger partial charge in [0.15, 0.2) is 0 Å². The van der Waals surface area contributed by atoms with Crippen molar-refractivity contribution in [2.45, 2.75) is 72.7 Å². The van der Waals surface area contributed by atoms with Crippen LogP contribution in [0.15, 0.2) is 157 Å². The average Bonchev–Trinajstić information content (AvgIpc) is 3.83. The maximum absolute atomic E-state index is 9.22. The predicted octanol–water partition coefficient (Wildman–Crippen LogP) is 16.3. The van der Waals surface area contributed by atoms with Crippen LogP contribution in [0.1, 0.15) is 81.9 Å².